The molecule has 0 saturated carbocycles. The molecule has 0 aliphatic rings. The zero-order chi connectivity index (χ0) is 15.3. The van der Waals surface area contributed by atoms with Gasteiger partial charge in [-0.1, -0.05) is 0 Å². The van der Waals surface area contributed by atoms with Gasteiger partial charge in [0, 0.05) is 6.21 Å². The molecular weight excluding hydrogens is 290 g/mol. The van der Waals surface area contributed by atoms with Crippen molar-refractivity contribution >= 4 is 16.2 Å². The first-order chi connectivity index (χ1) is 10.0. The molecule has 0 fully saturated rings. The molecule has 0 amide bonds. The maximum atomic E-state index is 12.1. The summed E-state index contributed by atoms with van der Waals surface area (Å²) in [4.78, 5) is 0.119. The highest BCUT2D eigenvalue weighted by atomic mass is 32.2. The first kappa shape index (κ1) is 15.1. The third kappa shape index (κ3) is 3.82. The summed E-state index contributed by atoms with van der Waals surface area (Å²) in [5.74, 6) is 1.29. The van der Waals surface area contributed by atoms with E-state index in [2.05, 4.69) is 4.40 Å². The number of benzene rings is 2. The Morgan fingerprint density at radius 3 is 1.81 bits per heavy atom. The van der Waals surface area contributed by atoms with Gasteiger partial charge >= 0.3 is 0 Å². The summed E-state index contributed by atoms with van der Waals surface area (Å²) >= 11 is 0. The molecular formula is C15H15NO4S. The van der Waals surface area contributed by atoms with Gasteiger partial charge in [0.05, 0.1) is 19.1 Å². The van der Waals surface area contributed by atoms with E-state index in [-0.39, 0.29) is 4.90 Å². The second-order valence-electron chi connectivity index (χ2n) is 4.16. The van der Waals surface area contributed by atoms with Crippen molar-refractivity contribution in [1.29, 1.82) is 0 Å². The highest BCUT2D eigenvalue weighted by Crippen LogP contribution is 2.17. The first-order valence-electron chi connectivity index (χ1n) is 6.13. The quantitative estimate of drug-likeness (QED) is 0.796. The van der Waals surface area contributed by atoms with Crippen LogP contribution in [0.1, 0.15) is 5.56 Å². The van der Waals surface area contributed by atoms with Gasteiger partial charge < -0.3 is 9.47 Å². The van der Waals surface area contributed by atoms with Crippen LogP contribution < -0.4 is 9.47 Å². The van der Waals surface area contributed by atoms with Crippen LogP contribution in [-0.4, -0.2) is 28.9 Å². The highest BCUT2D eigenvalue weighted by molar-refractivity contribution is 7.90. The highest BCUT2D eigenvalue weighted by Gasteiger charge is 2.11. The molecule has 0 heterocycles. The molecule has 2 aromatic carbocycles. The molecule has 0 unspecified atom stereocenters. The summed E-state index contributed by atoms with van der Waals surface area (Å²) in [5, 5.41) is 0. The average molecular weight is 305 g/mol. The zero-order valence-corrected chi connectivity index (χ0v) is 12.5. The van der Waals surface area contributed by atoms with Crippen molar-refractivity contribution in [2.45, 2.75) is 4.90 Å². The fraction of sp³-hybridized carbons (Fsp3) is 0.133. The standard InChI is InChI=1S/C15H15NO4S/c1-19-13-5-3-12(4-6-13)11-16-21(17,18)15-9-7-14(20-2)8-10-15/h3-11H,1-2H3/b16-11+. The molecule has 21 heavy (non-hydrogen) atoms. The van der Waals surface area contributed by atoms with Crippen LogP contribution in [0.15, 0.2) is 57.8 Å². The van der Waals surface area contributed by atoms with Gasteiger partial charge in [-0.3, -0.25) is 0 Å². The van der Waals surface area contributed by atoms with E-state index in [9.17, 15) is 8.42 Å². The molecule has 0 saturated heterocycles. The molecule has 0 aromatic heterocycles. The molecule has 110 valence electrons. The van der Waals surface area contributed by atoms with Gasteiger partial charge in [-0.05, 0) is 54.1 Å². The number of hydrogen-bond donors (Lipinski definition) is 0. The Kier molecular flexibility index (Phi) is 4.59. The monoisotopic (exact) mass is 305 g/mol. The minimum Gasteiger partial charge on any atom is -0.497 e. The molecule has 6 heteroatoms. The largest absolute Gasteiger partial charge is 0.497 e. The molecule has 5 nitrogen and oxygen atoms in total. The van der Waals surface area contributed by atoms with Gasteiger partial charge in [0.1, 0.15) is 11.5 Å². The number of ether oxygens (including phenoxy) is 2. The first-order valence-corrected chi connectivity index (χ1v) is 7.57. The molecule has 0 aliphatic carbocycles. The van der Waals surface area contributed by atoms with E-state index in [0.29, 0.717) is 17.1 Å². The van der Waals surface area contributed by atoms with E-state index < -0.39 is 10.0 Å². The average Bonchev–Trinajstić information content (AvgIpc) is 2.53. The Labute approximate surface area is 123 Å². The van der Waals surface area contributed by atoms with E-state index in [4.69, 9.17) is 9.47 Å². The van der Waals surface area contributed by atoms with Gasteiger partial charge in [0.25, 0.3) is 10.0 Å². The SMILES string of the molecule is COc1ccc(/C=N/S(=O)(=O)c2ccc(OC)cc2)cc1. The summed E-state index contributed by atoms with van der Waals surface area (Å²) in [6.45, 7) is 0. The third-order valence-corrected chi connectivity index (χ3v) is 4.06. The van der Waals surface area contributed by atoms with Gasteiger partial charge in [0.15, 0.2) is 0 Å². The van der Waals surface area contributed by atoms with Crippen molar-refractivity contribution < 1.29 is 17.9 Å². The van der Waals surface area contributed by atoms with Gasteiger partial charge in [0.2, 0.25) is 0 Å². The zero-order valence-electron chi connectivity index (χ0n) is 11.7. The molecule has 0 radical (unpaired) electrons. The second-order valence-corrected chi connectivity index (χ2v) is 5.79. The van der Waals surface area contributed by atoms with Crippen LogP contribution >= 0.6 is 0 Å². The van der Waals surface area contributed by atoms with E-state index in [1.54, 1.807) is 43.5 Å². The lowest BCUT2D eigenvalue weighted by Crippen LogP contribution is -1.98. The van der Waals surface area contributed by atoms with E-state index in [0.717, 1.165) is 0 Å². The van der Waals surface area contributed by atoms with E-state index in [1.165, 1.54) is 25.5 Å². The molecule has 0 N–H and O–H groups in total. The molecule has 0 aliphatic heterocycles. The summed E-state index contributed by atoms with van der Waals surface area (Å²) in [5.41, 5.74) is 0.674. The van der Waals surface area contributed by atoms with Crippen LogP contribution in [0.25, 0.3) is 0 Å². The fourth-order valence-electron chi connectivity index (χ4n) is 1.63. The van der Waals surface area contributed by atoms with Crippen molar-refractivity contribution in [3.8, 4) is 11.5 Å². The Balaban J connectivity index is 2.20. The van der Waals surface area contributed by atoms with Crippen LogP contribution in [0.4, 0.5) is 0 Å². The number of rotatable bonds is 5. The van der Waals surface area contributed by atoms with Crippen LogP contribution in [0, 0.1) is 0 Å². The van der Waals surface area contributed by atoms with Gasteiger partial charge in [-0.15, -0.1) is 0 Å². The molecule has 0 spiro atoms. The minimum atomic E-state index is -3.72. The van der Waals surface area contributed by atoms with Crippen LogP contribution in [0.5, 0.6) is 11.5 Å². The molecule has 0 atom stereocenters. The van der Waals surface area contributed by atoms with Crippen LogP contribution in [-0.2, 0) is 10.0 Å². The number of nitrogens with zero attached hydrogens (tertiary/aromatic N) is 1. The van der Waals surface area contributed by atoms with Crippen LogP contribution in [0.2, 0.25) is 0 Å². The summed E-state index contributed by atoms with van der Waals surface area (Å²) in [7, 11) is -0.631. The van der Waals surface area contributed by atoms with Gasteiger partial charge in [-0.2, -0.15) is 12.8 Å². The van der Waals surface area contributed by atoms with Crippen molar-refractivity contribution in [2.75, 3.05) is 14.2 Å². The number of sulfonamides is 1. The second kappa shape index (κ2) is 6.41. The molecule has 2 aromatic rings. The van der Waals surface area contributed by atoms with E-state index in [1.807, 2.05) is 0 Å². The topological polar surface area (TPSA) is 65.0 Å². The molecule has 0 bridgehead atoms. The Bertz CT molecular complexity index is 719. The van der Waals surface area contributed by atoms with Crippen molar-refractivity contribution in [2.24, 2.45) is 4.40 Å². The Morgan fingerprint density at radius 1 is 0.857 bits per heavy atom. The maximum absolute atomic E-state index is 12.1. The number of hydrogen-bond acceptors (Lipinski definition) is 4. The van der Waals surface area contributed by atoms with Gasteiger partial charge in [-0.25, -0.2) is 0 Å². The number of methoxy groups -OCH3 is 2. The minimum absolute atomic E-state index is 0.119. The summed E-state index contributed by atoms with van der Waals surface area (Å²) < 4.78 is 37.8. The summed E-state index contributed by atoms with van der Waals surface area (Å²) in [6, 6.07) is 13.0. The van der Waals surface area contributed by atoms with Crippen molar-refractivity contribution in [3.05, 3.63) is 54.1 Å². The smallest absolute Gasteiger partial charge is 0.282 e. The maximum Gasteiger partial charge on any atom is 0.282 e. The summed E-state index contributed by atoms with van der Waals surface area (Å²) in [6.07, 6.45) is 1.30. The Morgan fingerprint density at radius 2 is 1.33 bits per heavy atom. The van der Waals surface area contributed by atoms with E-state index >= 15 is 0 Å². The molecule has 2 rings (SSSR count). The predicted molar refractivity (Wildman–Crippen MR) is 80.8 cm³/mol. The lowest BCUT2D eigenvalue weighted by Gasteiger charge is -2.02. The normalized spacial score (nSPS) is 11.5. The van der Waals surface area contributed by atoms with Crippen molar-refractivity contribution in [3.63, 3.8) is 0 Å². The lowest BCUT2D eigenvalue weighted by atomic mass is 10.2. The third-order valence-electron chi connectivity index (χ3n) is 2.81. The predicted octanol–water partition coefficient (Wildman–Crippen LogP) is 2.51. The van der Waals surface area contributed by atoms with Crippen LogP contribution in [0.3, 0.4) is 0 Å². The van der Waals surface area contributed by atoms with Crippen molar-refractivity contribution in [1.82, 2.24) is 0 Å². The fourth-order valence-corrected chi connectivity index (χ4v) is 2.49. The lowest BCUT2D eigenvalue weighted by molar-refractivity contribution is 0.414. The Hall–Kier alpha value is -2.34.